The van der Waals surface area contributed by atoms with Gasteiger partial charge in [0, 0.05) is 24.7 Å². The number of halogens is 2. The first kappa shape index (κ1) is 14.4. The maximum Gasteiger partial charge on any atom is 0.128 e. The molecule has 2 rings (SSSR count). The molecule has 106 valence electrons. The summed E-state index contributed by atoms with van der Waals surface area (Å²) in [6.45, 7) is 5.46. The zero-order valence-electron chi connectivity index (χ0n) is 11.3. The molecule has 0 spiro atoms. The molecule has 1 fully saturated rings. The lowest BCUT2D eigenvalue weighted by atomic mass is 10.0. The highest BCUT2D eigenvalue weighted by Crippen LogP contribution is 2.27. The molecule has 5 heteroatoms. The highest BCUT2D eigenvalue weighted by atomic mass is 19.1. The first-order valence-electron chi connectivity index (χ1n) is 6.55. The fourth-order valence-corrected chi connectivity index (χ4v) is 2.57. The van der Waals surface area contributed by atoms with Gasteiger partial charge in [-0.2, -0.15) is 0 Å². The Morgan fingerprint density at radius 2 is 2.16 bits per heavy atom. The molecule has 1 aromatic carbocycles. The van der Waals surface area contributed by atoms with Crippen LogP contribution in [-0.4, -0.2) is 36.7 Å². The first-order valence-corrected chi connectivity index (χ1v) is 6.55. The summed E-state index contributed by atoms with van der Waals surface area (Å²) in [6, 6.07) is 3.32. The van der Waals surface area contributed by atoms with E-state index in [0.717, 1.165) is 12.1 Å². The summed E-state index contributed by atoms with van der Waals surface area (Å²) in [5.41, 5.74) is 6.11. The normalized spacial score (nSPS) is 26.4. The molecular formula is C14H20F2N2O. The fourth-order valence-electron chi connectivity index (χ4n) is 2.57. The van der Waals surface area contributed by atoms with Crippen molar-refractivity contribution in [3.05, 3.63) is 35.4 Å². The number of hydrogen-bond acceptors (Lipinski definition) is 3. The highest BCUT2D eigenvalue weighted by Gasteiger charge is 2.31. The Morgan fingerprint density at radius 1 is 1.42 bits per heavy atom. The molecular weight excluding hydrogens is 250 g/mol. The molecule has 2 N–H and O–H groups in total. The number of nitrogens with zero attached hydrogens (tertiary/aromatic N) is 1. The van der Waals surface area contributed by atoms with Gasteiger partial charge in [0.25, 0.3) is 0 Å². The van der Waals surface area contributed by atoms with Crippen molar-refractivity contribution in [3.8, 4) is 0 Å². The van der Waals surface area contributed by atoms with Gasteiger partial charge in [0.05, 0.1) is 18.8 Å². The molecule has 19 heavy (non-hydrogen) atoms. The topological polar surface area (TPSA) is 38.5 Å². The van der Waals surface area contributed by atoms with Crippen LogP contribution in [0.25, 0.3) is 0 Å². The third kappa shape index (κ3) is 3.11. The number of morpholine rings is 1. The largest absolute Gasteiger partial charge is 0.376 e. The maximum atomic E-state index is 13.9. The van der Waals surface area contributed by atoms with Crippen LogP contribution in [0.5, 0.6) is 0 Å². The Hall–Kier alpha value is -1.04. The van der Waals surface area contributed by atoms with Gasteiger partial charge in [-0.15, -0.1) is 0 Å². The smallest absolute Gasteiger partial charge is 0.128 e. The second-order valence-corrected chi connectivity index (χ2v) is 5.11. The van der Waals surface area contributed by atoms with Crippen molar-refractivity contribution < 1.29 is 13.5 Å². The summed E-state index contributed by atoms with van der Waals surface area (Å²) < 4.78 is 32.8. The van der Waals surface area contributed by atoms with E-state index in [2.05, 4.69) is 4.90 Å². The average Bonchev–Trinajstić information content (AvgIpc) is 2.38. The standard InChI is InChI=1S/C14H20F2N2O/c1-9-8-19-10(2)7-18(9)14(6-17)12-5-11(15)3-4-13(12)16/h3-5,9-10,14H,6-8,17H2,1-2H3. The van der Waals surface area contributed by atoms with Crippen molar-refractivity contribution in [2.24, 2.45) is 5.73 Å². The number of hydrogen-bond donors (Lipinski definition) is 1. The minimum absolute atomic E-state index is 0.0712. The zero-order chi connectivity index (χ0) is 14.0. The van der Waals surface area contributed by atoms with Crippen LogP contribution in [0.3, 0.4) is 0 Å². The molecule has 1 heterocycles. The molecule has 0 aromatic heterocycles. The Kier molecular flexibility index (Phi) is 4.50. The lowest BCUT2D eigenvalue weighted by molar-refractivity contribution is -0.0658. The van der Waals surface area contributed by atoms with Gasteiger partial charge in [-0.25, -0.2) is 8.78 Å². The van der Waals surface area contributed by atoms with Crippen molar-refractivity contribution in [1.29, 1.82) is 0 Å². The quantitative estimate of drug-likeness (QED) is 0.914. The third-order valence-corrected chi connectivity index (χ3v) is 3.60. The van der Waals surface area contributed by atoms with Gasteiger partial charge >= 0.3 is 0 Å². The van der Waals surface area contributed by atoms with Gasteiger partial charge < -0.3 is 10.5 Å². The number of ether oxygens (including phenoxy) is 1. The maximum absolute atomic E-state index is 13.9. The molecule has 3 atom stereocenters. The van der Waals surface area contributed by atoms with Crippen molar-refractivity contribution in [2.45, 2.75) is 32.0 Å². The summed E-state index contributed by atoms with van der Waals surface area (Å²) in [4.78, 5) is 2.09. The summed E-state index contributed by atoms with van der Waals surface area (Å²) >= 11 is 0. The van der Waals surface area contributed by atoms with E-state index in [1.54, 1.807) is 0 Å². The van der Waals surface area contributed by atoms with E-state index in [1.807, 2.05) is 13.8 Å². The monoisotopic (exact) mass is 270 g/mol. The van der Waals surface area contributed by atoms with E-state index in [0.29, 0.717) is 18.7 Å². The Labute approximate surface area is 112 Å². The molecule has 0 bridgehead atoms. The van der Waals surface area contributed by atoms with Crippen LogP contribution in [0.2, 0.25) is 0 Å². The molecule has 0 amide bonds. The van der Waals surface area contributed by atoms with Crippen LogP contribution in [0.15, 0.2) is 18.2 Å². The van der Waals surface area contributed by atoms with E-state index >= 15 is 0 Å². The molecule has 0 radical (unpaired) electrons. The van der Waals surface area contributed by atoms with Crippen molar-refractivity contribution in [3.63, 3.8) is 0 Å². The van der Waals surface area contributed by atoms with E-state index in [9.17, 15) is 8.78 Å². The second-order valence-electron chi connectivity index (χ2n) is 5.11. The SMILES string of the molecule is CC1CN(C(CN)c2cc(F)ccc2F)C(C)CO1. The summed E-state index contributed by atoms with van der Waals surface area (Å²) in [7, 11) is 0. The van der Waals surface area contributed by atoms with Crippen LogP contribution in [0.1, 0.15) is 25.5 Å². The van der Waals surface area contributed by atoms with Crippen LogP contribution >= 0.6 is 0 Å². The minimum atomic E-state index is -0.441. The van der Waals surface area contributed by atoms with Crippen LogP contribution in [-0.2, 0) is 4.74 Å². The van der Waals surface area contributed by atoms with Gasteiger partial charge in [0.1, 0.15) is 11.6 Å². The number of benzene rings is 1. The molecule has 1 saturated heterocycles. The summed E-state index contributed by atoms with van der Waals surface area (Å²) in [6.07, 6.45) is 0.0712. The molecule has 3 nitrogen and oxygen atoms in total. The van der Waals surface area contributed by atoms with E-state index in [-0.39, 0.29) is 24.7 Å². The molecule has 0 aliphatic carbocycles. The first-order chi connectivity index (χ1) is 9.02. The van der Waals surface area contributed by atoms with Gasteiger partial charge in [-0.3, -0.25) is 4.90 Å². The molecule has 0 saturated carbocycles. The zero-order valence-corrected chi connectivity index (χ0v) is 11.3. The van der Waals surface area contributed by atoms with Gasteiger partial charge in [-0.05, 0) is 32.0 Å². The molecule has 1 aromatic rings. The Morgan fingerprint density at radius 3 is 2.84 bits per heavy atom. The Bertz CT molecular complexity index is 441. The number of nitrogens with two attached hydrogens (primary N) is 1. The average molecular weight is 270 g/mol. The van der Waals surface area contributed by atoms with E-state index in [4.69, 9.17) is 10.5 Å². The second kappa shape index (κ2) is 5.94. The molecule has 1 aliphatic rings. The van der Waals surface area contributed by atoms with Crippen LogP contribution < -0.4 is 5.73 Å². The van der Waals surface area contributed by atoms with Gasteiger partial charge in [0.2, 0.25) is 0 Å². The lowest BCUT2D eigenvalue weighted by Gasteiger charge is -2.41. The van der Waals surface area contributed by atoms with Crippen molar-refractivity contribution in [2.75, 3.05) is 19.7 Å². The van der Waals surface area contributed by atoms with Crippen molar-refractivity contribution in [1.82, 2.24) is 4.90 Å². The van der Waals surface area contributed by atoms with E-state index < -0.39 is 11.6 Å². The van der Waals surface area contributed by atoms with Crippen LogP contribution in [0.4, 0.5) is 8.78 Å². The fraction of sp³-hybridized carbons (Fsp3) is 0.571. The van der Waals surface area contributed by atoms with Gasteiger partial charge in [0.15, 0.2) is 0 Å². The Balaban J connectivity index is 2.30. The lowest BCUT2D eigenvalue weighted by Crippen LogP contribution is -2.50. The molecule has 1 aliphatic heterocycles. The van der Waals surface area contributed by atoms with E-state index in [1.165, 1.54) is 6.07 Å². The summed E-state index contributed by atoms with van der Waals surface area (Å²) in [5.74, 6) is -0.855. The summed E-state index contributed by atoms with van der Waals surface area (Å²) in [5, 5.41) is 0. The third-order valence-electron chi connectivity index (χ3n) is 3.60. The van der Waals surface area contributed by atoms with Crippen LogP contribution in [0, 0.1) is 11.6 Å². The minimum Gasteiger partial charge on any atom is -0.376 e. The van der Waals surface area contributed by atoms with Gasteiger partial charge in [-0.1, -0.05) is 0 Å². The predicted octanol–water partition coefficient (Wildman–Crippen LogP) is 2.07. The van der Waals surface area contributed by atoms with Crippen molar-refractivity contribution >= 4 is 0 Å². The number of rotatable bonds is 3. The molecule has 3 unspecified atom stereocenters. The highest BCUT2D eigenvalue weighted by molar-refractivity contribution is 5.23. The predicted molar refractivity (Wildman–Crippen MR) is 69.7 cm³/mol.